The van der Waals surface area contributed by atoms with Crippen LogP contribution in [-0.2, 0) is 16.4 Å². The van der Waals surface area contributed by atoms with Crippen molar-refractivity contribution in [2.75, 3.05) is 11.5 Å². The highest BCUT2D eigenvalue weighted by Gasteiger charge is 2.32. The molecule has 1 fully saturated rings. The van der Waals surface area contributed by atoms with Crippen LogP contribution in [0, 0.1) is 0 Å². The molecule has 0 radical (unpaired) electrons. The molecule has 1 saturated heterocycles. The smallest absolute Gasteiger partial charge is 0.153 e. The minimum Gasteiger partial charge on any atom is -0.308 e. The van der Waals surface area contributed by atoms with Crippen molar-refractivity contribution in [3.05, 3.63) is 20.8 Å². The Kier molecular flexibility index (Phi) is 2.97. The number of hydrogen-bond donors (Lipinski definition) is 1. The van der Waals surface area contributed by atoms with Crippen LogP contribution < -0.4 is 5.32 Å². The largest absolute Gasteiger partial charge is 0.308 e. The molecule has 2 heterocycles. The third-order valence-corrected chi connectivity index (χ3v) is 5.82. The molecule has 1 aromatic rings. The maximum absolute atomic E-state index is 10.9. The second-order valence-electron chi connectivity index (χ2n) is 3.37. The Bertz CT molecular complexity index is 414. The van der Waals surface area contributed by atoms with Crippen molar-refractivity contribution in [1.29, 1.82) is 0 Å². The van der Waals surface area contributed by atoms with E-state index >= 15 is 0 Å². The predicted octanol–water partition coefficient (Wildman–Crippen LogP) is 1.40. The van der Waals surface area contributed by atoms with Gasteiger partial charge in [-0.3, -0.25) is 0 Å². The predicted molar refractivity (Wildman–Crippen MR) is 61.3 cm³/mol. The van der Waals surface area contributed by atoms with Crippen LogP contribution in [-0.4, -0.2) is 26.0 Å². The maximum atomic E-state index is 10.9. The summed E-state index contributed by atoms with van der Waals surface area (Å²) in [4.78, 5) is 0. The standard InChI is InChI=1S/C8H10BrNO2S2/c9-8-6(1-2-13-8)3-10-7-4-14(11,12)5-7/h1-2,7,10H,3-5H2. The number of sulfone groups is 1. The molecule has 3 nitrogen and oxygen atoms in total. The highest BCUT2D eigenvalue weighted by Crippen LogP contribution is 2.23. The molecule has 0 aliphatic carbocycles. The van der Waals surface area contributed by atoms with E-state index in [4.69, 9.17) is 0 Å². The average Bonchev–Trinajstić information content (AvgIpc) is 2.44. The first-order chi connectivity index (χ1) is 6.57. The van der Waals surface area contributed by atoms with Gasteiger partial charge in [-0.05, 0) is 32.9 Å². The van der Waals surface area contributed by atoms with Gasteiger partial charge < -0.3 is 5.32 Å². The van der Waals surface area contributed by atoms with Crippen LogP contribution in [0.25, 0.3) is 0 Å². The van der Waals surface area contributed by atoms with E-state index in [1.54, 1.807) is 11.3 Å². The van der Waals surface area contributed by atoms with Gasteiger partial charge in [-0.25, -0.2) is 8.42 Å². The average molecular weight is 296 g/mol. The summed E-state index contributed by atoms with van der Waals surface area (Å²) in [5, 5.41) is 5.23. The van der Waals surface area contributed by atoms with Crippen molar-refractivity contribution >= 4 is 37.1 Å². The van der Waals surface area contributed by atoms with Crippen LogP contribution in [0.1, 0.15) is 5.56 Å². The first kappa shape index (κ1) is 10.6. The van der Waals surface area contributed by atoms with Gasteiger partial charge in [0.2, 0.25) is 0 Å². The zero-order valence-electron chi connectivity index (χ0n) is 7.36. The van der Waals surface area contributed by atoms with Crippen LogP contribution in [0.15, 0.2) is 15.2 Å². The summed E-state index contributed by atoms with van der Waals surface area (Å²) in [6.07, 6.45) is 0. The maximum Gasteiger partial charge on any atom is 0.153 e. The summed E-state index contributed by atoms with van der Waals surface area (Å²) in [5.41, 5.74) is 1.19. The highest BCUT2D eigenvalue weighted by atomic mass is 79.9. The van der Waals surface area contributed by atoms with E-state index < -0.39 is 9.84 Å². The van der Waals surface area contributed by atoms with Crippen molar-refractivity contribution in [2.45, 2.75) is 12.6 Å². The molecule has 0 atom stereocenters. The summed E-state index contributed by atoms with van der Waals surface area (Å²) in [5.74, 6) is 0.573. The molecule has 0 bridgehead atoms. The molecule has 0 unspecified atom stereocenters. The Morgan fingerprint density at radius 1 is 1.57 bits per heavy atom. The number of halogens is 1. The number of thiophene rings is 1. The van der Waals surface area contributed by atoms with E-state index in [0.29, 0.717) is 0 Å². The van der Waals surface area contributed by atoms with Gasteiger partial charge in [0, 0.05) is 12.6 Å². The SMILES string of the molecule is O=S1(=O)CC(NCc2ccsc2Br)C1. The zero-order chi connectivity index (χ0) is 10.2. The molecule has 0 aromatic carbocycles. The lowest BCUT2D eigenvalue weighted by Gasteiger charge is -2.26. The second-order valence-corrected chi connectivity index (χ2v) is 7.76. The van der Waals surface area contributed by atoms with E-state index in [1.165, 1.54) is 5.56 Å². The van der Waals surface area contributed by atoms with Gasteiger partial charge >= 0.3 is 0 Å². The summed E-state index contributed by atoms with van der Waals surface area (Å²) in [6.45, 7) is 0.740. The van der Waals surface area contributed by atoms with Crippen LogP contribution in [0.3, 0.4) is 0 Å². The lowest BCUT2D eigenvalue weighted by Crippen LogP contribution is -2.50. The Balaban J connectivity index is 1.82. The molecule has 1 aliphatic heterocycles. The van der Waals surface area contributed by atoms with Gasteiger partial charge in [0.25, 0.3) is 0 Å². The molecule has 1 N–H and O–H groups in total. The molecule has 0 spiro atoms. The van der Waals surface area contributed by atoms with Crippen molar-refractivity contribution < 1.29 is 8.42 Å². The van der Waals surface area contributed by atoms with Crippen LogP contribution >= 0.6 is 27.3 Å². The van der Waals surface area contributed by atoms with Crippen molar-refractivity contribution in [2.24, 2.45) is 0 Å². The van der Waals surface area contributed by atoms with Crippen LogP contribution in [0.4, 0.5) is 0 Å². The Morgan fingerprint density at radius 2 is 2.29 bits per heavy atom. The minimum atomic E-state index is -2.70. The molecule has 1 aliphatic rings. The Morgan fingerprint density at radius 3 is 2.79 bits per heavy atom. The summed E-state index contributed by atoms with van der Waals surface area (Å²) >= 11 is 5.08. The van der Waals surface area contributed by atoms with Gasteiger partial charge in [0.05, 0.1) is 15.3 Å². The summed E-state index contributed by atoms with van der Waals surface area (Å²) < 4.78 is 22.9. The molecular weight excluding hydrogens is 286 g/mol. The highest BCUT2D eigenvalue weighted by molar-refractivity contribution is 9.11. The fourth-order valence-corrected chi connectivity index (χ4v) is 3.99. The van der Waals surface area contributed by atoms with Gasteiger partial charge in [-0.2, -0.15) is 0 Å². The van der Waals surface area contributed by atoms with Crippen molar-refractivity contribution in [3.63, 3.8) is 0 Å². The molecule has 2 rings (SSSR count). The van der Waals surface area contributed by atoms with E-state index in [1.807, 2.05) is 11.4 Å². The summed E-state index contributed by atoms with van der Waals surface area (Å²) in [7, 11) is -2.70. The molecule has 14 heavy (non-hydrogen) atoms. The van der Waals surface area contributed by atoms with E-state index in [2.05, 4.69) is 21.2 Å². The van der Waals surface area contributed by atoms with Crippen LogP contribution in [0.5, 0.6) is 0 Å². The van der Waals surface area contributed by atoms with E-state index in [0.717, 1.165) is 10.3 Å². The molecule has 0 amide bonds. The first-order valence-electron chi connectivity index (χ1n) is 4.22. The molecule has 0 saturated carbocycles. The number of nitrogens with one attached hydrogen (secondary N) is 1. The van der Waals surface area contributed by atoms with Gasteiger partial charge in [-0.1, -0.05) is 0 Å². The quantitative estimate of drug-likeness (QED) is 0.917. The van der Waals surface area contributed by atoms with Crippen molar-refractivity contribution in [1.82, 2.24) is 5.32 Å². The molecular formula is C8H10BrNO2S2. The molecule has 1 aromatic heterocycles. The zero-order valence-corrected chi connectivity index (χ0v) is 10.6. The normalized spacial score (nSPS) is 20.6. The fourth-order valence-electron chi connectivity index (χ4n) is 1.38. The minimum absolute atomic E-state index is 0.145. The second kappa shape index (κ2) is 3.92. The molecule has 78 valence electrons. The van der Waals surface area contributed by atoms with Gasteiger partial charge in [-0.15, -0.1) is 11.3 Å². The van der Waals surface area contributed by atoms with Crippen LogP contribution in [0.2, 0.25) is 0 Å². The molecule has 6 heteroatoms. The topological polar surface area (TPSA) is 46.2 Å². The number of hydrogen-bond acceptors (Lipinski definition) is 4. The third kappa shape index (κ3) is 2.36. The first-order valence-corrected chi connectivity index (χ1v) is 7.72. The lowest BCUT2D eigenvalue weighted by molar-refractivity contribution is 0.511. The monoisotopic (exact) mass is 295 g/mol. The Labute approximate surface area is 95.6 Å². The van der Waals surface area contributed by atoms with Gasteiger partial charge in [0.1, 0.15) is 0 Å². The van der Waals surface area contributed by atoms with E-state index in [9.17, 15) is 8.42 Å². The fraction of sp³-hybridized carbons (Fsp3) is 0.500. The lowest BCUT2D eigenvalue weighted by atomic mass is 10.3. The summed E-state index contributed by atoms with van der Waals surface area (Å²) in [6, 6.07) is 2.18. The number of rotatable bonds is 3. The van der Waals surface area contributed by atoms with Crippen molar-refractivity contribution in [3.8, 4) is 0 Å². The Hall–Kier alpha value is 0.0900. The third-order valence-electron chi connectivity index (χ3n) is 2.18. The van der Waals surface area contributed by atoms with E-state index in [-0.39, 0.29) is 17.5 Å². The van der Waals surface area contributed by atoms with Gasteiger partial charge in [0.15, 0.2) is 9.84 Å².